The molecule has 1 aromatic carbocycles. The minimum absolute atomic E-state index is 0.515. The number of fused-ring (bicyclic) bond motifs is 1. The Morgan fingerprint density at radius 3 is 2.75 bits per heavy atom. The van der Waals surface area contributed by atoms with Crippen molar-refractivity contribution in [2.24, 2.45) is 0 Å². The van der Waals surface area contributed by atoms with Gasteiger partial charge < -0.3 is 5.32 Å². The average Bonchev–Trinajstić information content (AvgIpc) is 2.87. The summed E-state index contributed by atoms with van der Waals surface area (Å²) < 4.78 is 0. The Hall–Kier alpha value is -1.36. The molecule has 102 valence electrons. The minimum atomic E-state index is 0.515. The van der Waals surface area contributed by atoms with E-state index in [1.807, 2.05) is 6.07 Å². The minimum Gasteiger partial charge on any atom is -0.340 e. The van der Waals surface area contributed by atoms with Crippen LogP contribution in [0.15, 0.2) is 30.6 Å². The van der Waals surface area contributed by atoms with Crippen LogP contribution in [0.4, 0.5) is 11.5 Å². The van der Waals surface area contributed by atoms with Gasteiger partial charge in [-0.2, -0.15) is 0 Å². The Kier molecular flexibility index (Phi) is 3.78. The van der Waals surface area contributed by atoms with Crippen LogP contribution in [0.1, 0.15) is 11.8 Å². The van der Waals surface area contributed by atoms with Gasteiger partial charge in [-0.15, -0.1) is 11.3 Å². The lowest BCUT2D eigenvalue weighted by Gasteiger charge is -2.07. The molecule has 2 aromatic heterocycles. The molecule has 0 saturated carbocycles. The van der Waals surface area contributed by atoms with Gasteiger partial charge in [0, 0.05) is 10.6 Å². The van der Waals surface area contributed by atoms with Gasteiger partial charge in [0.05, 0.1) is 15.4 Å². The topological polar surface area (TPSA) is 37.8 Å². The van der Waals surface area contributed by atoms with Crippen molar-refractivity contribution in [3.05, 3.63) is 45.5 Å². The van der Waals surface area contributed by atoms with Gasteiger partial charge in [0.1, 0.15) is 17.0 Å². The first-order valence-electron chi connectivity index (χ1n) is 6.13. The number of aromatic nitrogens is 2. The second-order valence-electron chi connectivity index (χ2n) is 4.26. The van der Waals surface area contributed by atoms with Gasteiger partial charge in [-0.25, -0.2) is 9.97 Å². The molecule has 0 spiro atoms. The fraction of sp³-hybridized carbons (Fsp3) is 0.143. The first kappa shape index (κ1) is 13.6. The zero-order chi connectivity index (χ0) is 14.1. The molecule has 0 unspecified atom stereocenters. The highest BCUT2D eigenvalue weighted by atomic mass is 35.5. The first-order chi connectivity index (χ1) is 9.67. The molecule has 3 rings (SSSR count). The maximum atomic E-state index is 6.02. The van der Waals surface area contributed by atoms with E-state index in [1.165, 1.54) is 4.88 Å². The average molecular weight is 324 g/mol. The quantitative estimate of drug-likeness (QED) is 0.710. The fourth-order valence-corrected chi connectivity index (χ4v) is 3.12. The second-order valence-corrected chi connectivity index (χ2v) is 6.19. The van der Waals surface area contributed by atoms with Crippen LogP contribution in [0.2, 0.25) is 10.0 Å². The molecule has 3 aromatic rings. The van der Waals surface area contributed by atoms with Gasteiger partial charge in [-0.3, -0.25) is 0 Å². The molecule has 0 aliphatic heterocycles. The maximum Gasteiger partial charge on any atom is 0.142 e. The van der Waals surface area contributed by atoms with Crippen molar-refractivity contribution >= 4 is 56.3 Å². The monoisotopic (exact) mass is 323 g/mol. The molecule has 2 heterocycles. The van der Waals surface area contributed by atoms with Crippen LogP contribution >= 0.6 is 34.5 Å². The standard InChI is InChI=1S/C14H11Cl2N3S/c1-2-9-6-10-13(17-7-18-14(10)20-9)19-8-3-4-11(15)12(16)5-8/h3-7H,2H2,1H3,(H,17,18,19). The molecular formula is C14H11Cl2N3S. The van der Waals surface area contributed by atoms with Crippen LogP contribution in [-0.2, 0) is 6.42 Å². The van der Waals surface area contributed by atoms with Gasteiger partial charge in [0.2, 0.25) is 0 Å². The SMILES string of the molecule is CCc1cc2c(Nc3ccc(Cl)c(Cl)c3)ncnc2s1. The van der Waals surface area contributed by atoms with Crippen LogP contribution in [0.5, 0.6) is 0 Å². The van der Waals surface area contributed by atoms with Crippen LogP contribution in [-0.4, -0.2) is 9.97 Å². The molecular weight excluding hydrogens is 313 g/mol. The number of anilines is 2. The highest BCUT2D eigenvalue weighted by Gasteiger charge is 2.08. The predicted molar refractivity (Wildman–Crippen MR) is 86.5 cm³/mol. The van der Waals surface area contributed by atoms with Crippen molar-refractivity contribution in [1.29, 1.82) is 0 Å². The van der Waals surface area contributed by atoms with E-state index in [-0.39, 0.29) is 0 Å². The number of thiophene rings is 1. The molecule has 0 saturated heterocycles. The van der Waals surface area contributed by atoms with E-state index in [4.69, 9.17) is 23.2 Å². The van der Waals surface area contributed by atoms with Crippen molar-refractivity contribution in [2.45, 2.75) is 13.3 Å². The molecule has 0 fully saturated rings. The van der Waals surface area contributed by atoms with Crippen molar-refractivity contribution in [3.8, 4) is 0 Å². The summed E-state index contributed by atoms with van der Waals surface area (Å²) >= 11 is 13.6. The summed E-state index contributed by atoms with van der Waals surface area (Å²) in [5, 5.41) is 5.34. The zero-order valence-corrected chi connectivity index (χ0v) is 13.0. The highest BCUT2D eigenvalue weighted by Crippen LogP contribution is 2.31. The van der Waals surface area contributed by atoms with E-state index in [0.29, 0.717) is 10.0 Å². The largest absolute Gasteiger partial charge is 0.340 e. The third-order valence-corrected chi connectivity index (χ3v) is 4.84. The number of nitrogens with zero attached hydrogens (tertiary/aromatic N) is 2. The maximum absolute atomic E-state index is 6.02. The van der Waals surface area contributed by atoms with Crippen molar-refractivity contribution in [1.82, 2.24) is 9.97 Å². The lowest BCUT2D eigenvalue weighted by molar-refractivity contribution is 1.19. The lowest BCUT2D eigenvalue weighted by Crippen LogP contribution is -1.94. The van der Waals surface area contributed by atoms with Crippen LogP contribution in [0.3, 0.4) is 0 Å². The van der Waals surface area contributed by atoms with Gasteiger partial charge in [0.15, 0.2) is 0 Å². The molecule has 0 aliphatic rings. The van der Waals surface area contributed by atoms with Crippen LogP contribution < -0.4 is 5.32 Å². The Balaban J connectivity index is 2.01. The van der Waals surface area contributed by atoms with E-state index in [2.05, 4.69) is 28.3 Å². The molecule has 0 bridgehead atoms. The molecule has 0 aliphatic carbocycles. The molecule has 20 heavy (non-hydrogen) atoms. The fourth-order valence-electron chi connectivity index (χ4n) is 1.89. The summed E-state index contributed by atoms with van der Waals surface area (Å²) in [6.45, 7) is 2.13. The summed E-state index contributed by atoms with van der Waals surface area (Å²) in [5.41, 5.74) is 0.851. The van der Waals surface area contributed by atoms with Crippen LogP contribution in [0, 0.1) is 0 Å². The highest BCUT2D eigenvalue weighted by molar-refractivity contribution is 7.18. The normalized spacial score (nSPS) is 10.9. The smallest absolute Gasteiger partial charge is 0.142 e. The van der Waals surface area contributed by atoms with E-state index >= 15 is 0 Å². The number of hydrogen-bond donors (Lipinski definition) is 1. The van der Waals surface area contributed by atoms with Gasteiger partial charge in [-0.1, -0.05) is 30.1 Å². The number of halogens is 2. The summed E-state index contributed by atoms with van der Waals surface area (Å²) in [6.07, 6.45) is 2.56. The Morgan fingerprint density at radius 1 is 1.15 bits per heavy atom. The number of aryl methyl sites for hydroxylation is 1. The van der Waals surface area contributed by atoms with Crippen molar-refractivity contribution in [3.63, 3.8) is 0 Å². The van der Waals surface area contributed by atoms with Gasteiger partial charge in [0.25, 0.3) is 0 Å². The lowest BCUT2D eigenvalue weighted by atomic mass is 10.3. The number of benzene rings is 1. The summed E-state index contributed by atoms with van der Waals surface area (Å²) in [5.74, 6) is 0.782. The zero-order valence-electron chi connectivity index (χ0n) is 10.7. The van der Waals surface area contributed by atoms with E-state index in [1.54, 1.807) is 29.8 Å². The Bertz CT molecular complexity index is 770. The molecule has 1 N–H and O–H groups in total. The van der Waals surface area contributed by atoms with Gasteiger partial charge in [-0.05, 0) is 30.7 Å². The Labute approximate surface area is 130 Å². The first-order valence-corrected chi connectivity index (χ1v) is 7.70. The molecule has 6 heteroatoms. The third-order valence-electron chi connectivity index (χ3n) is 2.91. The second kappa shape index (κ2) is 5.56. The van der Waals surface area contributed by atoms with Crippen LogP contribution in [0.25, 0.3) is 10.2 Å². The van der Waals surface area contributed by atoms with Crippen molar-refractivity contribution in [2.75, 3.05) is 5.32 Å². The summed E-state index contributed by atoms with van der Waals surface area (Å²) in [6, 6.07) is 7.54. The number of nitrogens with one attached hydrogen (secondary N) is 1. The van der Waals surface area contributed by atoms with E-state index in [0.717, 1.165) is 28.1 Å². The van der Waals surface area contributed by atoms with E-state index < -0.39 is 0 Å². The third kappa shape index (κ3) is 2.59. The van der Waals surface area contributed by atoms with Gasteiger partial charge >= 0.3 is 0 Å². The number of rotatable bonds is 3. The summed E-state index contributed by atoms with van der Waals surface area (Å²) in [7, 11) is 0. The van der Waals surface area contributed by atoms with E-state index in [9.17, 15) is 0 Å². The molecule has 0 amide bonds. The molecule has 0 atom stereocenters. The Morgan fingerprint density at radius 2 is 2.00 bits per heavy atom. The molecule has 0 radical (unpaired) electrons. The summed E-state index contributed by atoms with van der Waals surface area (Å²) in [4.78, 5) is 10.9. The molecule has 3 nitrogen and oxygen atoms in total. The predicted octanol–water partition coefficient (Wildman–Crippen LogP) is 5.30. The van der Waals surface area contributed by atoms with Crippen molar-refractivity contribution < 1.29 is 0 Å². The number of hydrogen-bond acceptors (Lipinski definition) is 4.